The Hall–Kier alpha value is -3.24. The molecule has 2 N–H and O–H groups in total. The van der Waals surface area contributed by atoms with Gasteiger partial charge in [0.2, 0.25) is 10.0 Å². The van der Waals surface area contributed by atoms with Crippen molar-refractivity contribution in [3.05, 3.63) is 59.7 Å². The van der Waals surface area contributed by atoms with Crippen LogP contribution in [0.4, 0.5) is 5.69 Å². The van der Waals surface area contributed by atoms with Gasteiger partial charge < -0.3 is 15.4 Å². The number of carbonyl (C=O) groups is 3. The van der Waals surface area contributed by atoms with Crippen LogP contribution >= 0.6 is 0 Å². The van der Waals surface area contributed by atoms with Crippen molar-refractivity contribution in [2.75, 3.05) is 32.1 Å². The fraction of sp³-hybridized carbons (Fsp3) is 0.348. The fourth-order valence-electron chi connectivity index (χ4n) is 3.48. The minimum atomic E-state index is -3.71. The van der Waals surface area contributed by atoms with Gasteiger partial charge in [0.05, 0.1) is 10.5 Å². The van der Waals surface area contributed by atoms with Crippen LogP contribution in [0.15, 0.2) is 53.4 Å². The van der Waals surface area contributed by atoms with Crippen molar-refractivity contribution >= 4 is 33.5 Å². The van der Waals surface area contributed by atoms with Gasteiger partial charge in [0.25, 0.3) is 11.8 Å². The van der Waals surface area contributed by atoms with Crippen LogP contribution in [0.5, 0.6) is 0 Å². The van der Waals surface area contributed by atoms with E-state index in [1.807, 2.05) is 0 Å². The molecule has 0 radical (unpaired) electrons. The molecule has 0 saturated carbocycles. The molecule has 1 aliphatic heterocycles. The van der Waals surface area contributed by atoms with Crippen molar-refractivity contribution < 1.29 is 27.5 Å². The maximum absolute atomic E-state index is 13.0. The zero-order chi connectivity index (χ0) is 23.8. The van der Waals surface area contributed by atoms with Gasteiger partial charge in [-0.1, -0.05) is 18.9 Å². The first kappa shape index (κ1) is 24.4. The number of benzene rings is 2. The van der Waals surface area contributed by atoms with Gasteiger partial charge in [0.1, 0.15) is 0 Å². The summed E-state index contributed by atoms with van der Waals surface area (Å²) in [5.41, 5.74) is 0.930. The Bertz CT molecular complexity index is 1110. The molecule has 2 aromatic rings. The van der Waals surface area contributed by atoms with Crippen molar-refractivity contribution in [1.82, 2.24) is 9.62 Å². The Morgan fingerprint density at radius 1 is 0.939 bits per heavy atom. The van der Waals surface area contributed by atoms with Crippen molar-refractivity contribution in [3.63, 3.8) is 0 Å². The monoisotopic (exact) mass is 473 g/mol. The Balaban J connectivity index is 1.59. The molecule has 2 aromatic carbocycles. The molecule has 0 unspecified atom stereocenters. The summed E-state index contributed by atoms with van der Waals surface area (Å²) < 4.78 is 32.4. The van der Waals surface area contributed by atoms with Crippen molar-refractivity contribution in [1.29, 1.82) is 0 Å². The highest BCUT2D eigenvalue weighted by atomic mass is 32.2. The predicted octanol–water partition coefficient (Wildman–Crippen LogP) is 2.41. The standard InChI is InChI=1S/C23H27N3O6S/c1-24-22(28)17-9-11-19(12-10-17)25-21(27)16-32-23(29)18-7-6-8-20(15-18)33(30,31)26-13-4-2-3-5-14-26/h6-12,15H,2-5,13-14,16H2,1H3,(H,24,28)(H,25,27). The number of ether oxygens (including phenoxy) is 1. The number of esters is 1. The number of nitrogens with one attached hydrogen (secondary N) is 2. The van der Waals surface area contributed by atoms with Gasteiger partial charge in [0.15, 0.2) is 6.61 Å². The summed E-state index contributed by atoms with van der Waals surface area (Å²) in [6.07, 6.45) is 3.62. The van der Waals surface area contributed by atoms with Crippen LogP contribution in [0.1, 0.15) is 46.4 Å². The Kier molecular flexibility index (Phi) is 8.18. The number of carbonyl (C=O) groups excluding carboxylic acids is 3. The Morgan fingerprint density at radius 3 is 2.24 bits per heavy atom. The Morgan fingerprint density at radius 2 is 1.61 bits per heavy atom. The first-order chi connectivity index (χ1) is 15.8. The zero-order valence-corrected chi connectivity index (χ0v) is 19.2. The van der Waals surface area contributed by atoms with E-state index in [2.05, 4.69) is 10.6 Å². The first-order valence-electron chi connectivity index (χ1n) is 10.7. The smallest absolute Gasteiger partial charge is 0.338 e. The molecule has 0 bridgehead atoms. The molecule has 176 valence electrons. The molecule has 10 heteroatoms. The second kappa shape index (κ2) is 11.1. The highest BCUT2D eigenvalue weighted by Crippen LogP contribution is 2.21. The van der Waals surface area contributed by atoms with E-state index in [-0.39, 0.29) is 16.4 Å². The number of amides is 2. The van der Waals surface area contributed by atoms with Crippen LogP contribution in [0.2, 0.25) is 0 Å². The van der Waals surface area contributed by atoms with Gasteiger partial charge >= 0.3 is 5.97 Å². The normalized spacial score (nSPS) is 14.7. The van der Waals surface area contributed by atoms with Crippen molar-refractivity contribution in [2.45, 2.75) is 30.6 Å². The van der Waals surface area contributed by atoms with E-state index >= 15 is 0 Å². The highest BCUT2D eigenvalue weighted by Gasteiger charge is 2.26. The quantitative estimate of drug-likeness (QED) is 0.596. The molecular formula is C23H27N3O6S. The van der Waals surface area contributed by atoms with Gasteiger partial charge in [-0.2, -0.15) is 4.31 Å². The summed E-state index contributed by atoms with van der Waals surface area (Å²) in [6.45, 7) is 0.377. The average Bonchev–Trinajstić information content (AvgIpc) is 3.13. The molecule has 3 rings (SSSR count). The summed E-state index contributed by atoms with van der Waals surface area (Å²) in [5, 5.41) is 5.07. The first-order valence-corrected chi connectivity index (χ1v) is 12.1. The minimum absolute atomic E-state index is 0.0273. The van der Waals surface area contributed by atoms with Gasteiger partial charge in [-0.25, -0.2) is 13.2 Å². The van der Waals surface area contributed by atoms with E-state index < -0.39 is 28.5 Å². The summed E-state index contributed by atoms with van der Waals surface area (Å²) in [6, 6.07) is 11.9. The third-order valence-corrected chi connectivity index (χ3v) is 7.16. The molecule has 1 aliphatic rings. The van der Waals surface area contributed by atoms with Crippen LogP contribution in [0.25, 0.3) is 0 Å². The summed E-state index contributed by atoms with van der Waals surface area (Å²) in [7, 11) is -2.19. The van der Waals surface area contributed by atoms with E-state index in [0.717, 1.165) is 25.7 Å². The molecule has 1 saturated heterocycles. The topological polar surface area (TPSA) is 122 Å². The molecule has 0 aliphatic carbocycles. The van der Waals surface area contributed by atoms with Crippen LogP contribution in [0.3, 0.4) is 0 Å². The summed E-state index contributed by atoms with van der Waals surface area (Å²) in [4.78, 5) is 36.1. The van der Waals surface area contributed by atoms with E-state index in [1.165, 1.54) is 35.6 Å². The van der Waals surface area contributed by atoms with Gasteiger partial charge in [-0.15, -0.1) is 0 Å². The third kappa shape index (κ3) is 6.39. The van der Waals surface area contributed by atoms with E-state index in [4.69, 9.17) is 4.74 Å². The van der Waals surface area contributed by atoms with Crippen LogP contribution in [-0.2, 0) is 19.6 Å². The molecule has 33 heavy (non-hydrogen) atoms. The molecule has 1 heterocycles. The molecule has 2 amide bonds. The number of hydrogen-bond acceptors (Lipinski definition) is 6. The Labute approximate surface area is 193 Å². The highest BCUT2D eigenvalue weighted by molar-refractivity contribution is 7.89. The number of anilines is 1. The molecular weight excluding hydrogens is 446 g/mol. The number of hydrogen-bond donors (Lipinski definition) is 2. The molecule has 0 aromatic heterocycles. The zero-order valence-electron chi connectivity index (χ0n) is 18.4. The molecule has 0 atom stereocenters. The van der Waals surface area contributed by atoms with Gasteiger partial charge in [-0.3, -0.25) is 9.59 Å². The van der Waals surface area contributed by atoms with E-state index in [9.17, 15) is 22.8 Å². The minimum Gasteiger partial charge on any atom is -0.452 e. The number of nitrogens with zero attached hydrogens (tertiary/aromatic N) is 1. The van der Waals surface area contributed by atoms with Gasteiger partial charge in [0, 0.05) is 31.4 Å². The largest absolute Gasteiger partial charge is 0.452 e. The number of sulfonamides is 1. The van der Waals surface area contributed by atoms with Gasteiger partial charge in [-0.05, 0) is 55.3 Å². The lowest BCUT2D eigenvalue weighted by Crippen LogP contribution is -2.32. The second-order valence-electron chi connectivity index (χ2n) is 7.63. The molecule has 0 spiro atoms. The lowest BCUT2D eigenvalue weighted by molar-refractivity contribution is -0.119. The lowest BCUT2D eigenvalue weighted by atomic mass is 10.2. The van der Waals surface area contributed by atoms with E-state index in [1.54, 1.807) is 24.3 Å². The van der Waals surface area contributed by atoms with Crippen molar-refractivity contribution in [3.8, 4) is 0 Å². The maximum atomic E-state index is 13.0. The predicted molar refractivity (Wildman–Crippen MR) is 122 cm³/mol. The second-order valence-corrected chi connectivity index (χ2v) is 9.56. The fourth-order valence-corrected chi connectivity index (χ4v) is 5.04. The van der Waals surface area contributed by atoms with E-state index in [0.29, 0.717) is 24.3 Å². The lowest BCUT2D eigenvalue weighted by Gasteiger charge is -2.20. The van der Waals surface area contributed by atoms with Crippen molar-refractivity contribution in [2.24, 2.45) is 0 Å². The third-order valence-electron chi connectivity index (χ3n) is 5.26. The summed E-state index contributed by atoms with van der Waals surface area (Å²) >= 11 is 0. The molecule has 1 fully saturated rings. The van der Waals surface area contributed by atoms with Crippen LogP contribution in [0, 0.1) is 0 Å². The maximum Gasteiger partial charge on any atom is 0.338 e. The summed E-state index contributed by atoms with van der Waals surface area (Å²) in [5.74, 6) is -1.61. The SMILES string of the molecule is CNC(=O)c1ccc(NC(=O)COC(=O)c2cccc(S(=O)(=O)N3CCCCCC3)c2)cc1. The number of rotatable bonds is 7. The average molecular weight is 474 g/mol. The van der Waals surface area contributed by atoms with Crippen LogP contribution in [-0.4, -0.2) is 57.3 Å². The molecule has 9 nitrogen and oxygen atoms in total. The van der Waals surface area contributed by atoms with Crippen LogP contribution < -0.4 is 10.6 Å².